The van der Waals surface area contributed by atoms with Gasteiger partial charge in [0.25, 0.3) is 0 Å². The van der Waals surface area contributed by atoms with E-state index in [-0.39, 0.29) is 30.8 Å². The second kappa shape index (κ2) is 8.95. The van der Waals surface area contributed by atoms with Crippen molar-refractivity contribution >= 4 is 11.9 Å². The lowest BCUT2D eigenvalue weighted by Crippen LogP contribution is -2.43. The van der Waals surface area contributed by atoms with E-state index >= 15 is 0 Å². The van der Waals surface area contributed by atoms with Crippen LogP contribution in [0.3, 0.4) is 0 Å². The molecule has 0 fully saturated rings. The fourth-order valence-corrected chi connectivity index (χ4v) is 1.35. The molecular formula is C11H21NO5. The van der Waals surface area contributed by atoms with Crippen molar-refractivity contribution in [3.63, 3.8) is 0 Å². The van der Waals surface area contributed by atoms with E-state index in [1.165, 1.54) is 14.2 Å². The molecule has 6 nitrogen and oxygen atoms in total. The van der Waals surface area contributed by atoms with Gasteiger partial charge in [-0.25, -0.2) is 0 Å². The molecule has 0 saturated carbocycles. The van der Waals surface area contributed by atoms with Crippen molar-refractivity contribution in [1.29, 1.82) is 0 Å². The highest BCUT2D eigenvalue weighted by atomic mass is 16.7. The van der Waals surface area contributed by atoms with E-state index in [4.69, 9.17) is 14.2 Å². The van der Waals surface area contributed by atoms with Gasteiger partial charge in [0, 0.05) is 20.6 Å². The van der Waals surface area contributed by atoms with E-state index in [0.717, 1.165) is 0 Å². The molecule has 1 atom stereocenters. The molecular weight excluding hydrogens is 226 g/mol. The highest BCUT2D eigenvalue weighted by molar-refractivity contribution is 5.81. The Hall–Kier alpha value is -1.14. The molecule has 0 rings (SSSR count). The fraction of sp³-hybridized carbons (Fsp3) is 0.818. The molecule has 100 valence electrons. The van der Waals surface area contributed by atoms with Crippen LogP contribution < -0.4 is 5.32 Å². The van der Waals surface area contributed by atoms with E-state index in [1.54, 1.807) is 13.8 Å². The number of carbonyl (C=O) groups excluding carboxylic acids is 2. The summed E-state index contributed by atoms with van der Waals surface area (Å²) in [7, 11) is 2.99. The van der Waals surface area contributed by atoms with Gasteiger partial charge in [0.05, 0.1) is 19.1 Å². The van der Waals surface area contributed by atoms with Gasteiger partial charge in [0.1, 0.15) is 0 Å². The molecule has 0 heterocycles. The Kier molecular flexibility index (Phi) is 8.35. The van der Waals surface area contributed by atoms with Gasteiger partial charge in [-0.1, -0.05) is 0 Å². The number of hydrogen-bond acceptors (Lipinski definition) is 5. The van der Waals surface area contributed by atoms with Crippen LogP contribution in [-0.4, -0.2) is 45.0 Å². The highest BCUT2D eigenvalue weighted by Crippen LogP contribution is 2.00. The largest absolute Gasteiger partial charge is 0.466 e. The lowest BCUT2D eigenvalue weighted by Gasteiger charge is -2.21. The average molecular weight is 247 g/mol. The summed E-state index contributed by atoms with van der Waals surface area (Å²) in [5.74, 6) is -0.602. The number of esters is 1. The molecule has 0 aliphatic carbocycles. The predicted octanol–water partition coefficient (Wildman–Crippen LogP) is 0.453. The van der Waals surface area contributed by atoms with Crippen LogP contribution in [0.15, 0.2) is 0 Å². The van der Waals surface area contributed by atoms with Gasteiger partial charge in [0.15, 0.2) is 6.29 Å². The van der Waals surface area contributed by atoms with Gasteiger partial charge in [0.2, 0.25) is 5.91 Å². The summed E-state index contributed by atoms with van der Waals surface area (Å²) in [4.78, 5) is 22.5. The maximum absolute atomic E-state index is 11.5. The SMILES string of the molecule is CCOC(=O)CCC(=O)NC(C)C(OC)OC. The Bertz CT molecular complexity index is 240. The minimum Gasteiger partial charge on any atom is -0.466 e. The van der Waals surface area contributed by atoms with Gasteiger partial charge in [-0.05, 0) is 13.8 Å². The van der Waals surface area contributed by atoms with E-state index in [0.29, 0.717) is 6.61 Å². The number of carbonyl (C=O) groups is 2. The van der Waals surface area contributed by atoms with E-state index in [2.05, 4.69) is 5.32 Å². The number of nitrogens with one attached hydrogen (secondary N) is 1. The van der Waals surface area contributed by atoms with Crippen molar-refractivity contribution in [3.05, 3.63) is 0 Å². The number of methoxy groups -OCH3 is 2. The first kappa shape index (κ1) is 15.9. The molecule has 0 aromatic carbocycles. The Balaban J connectivity index is 3.89. The Labute approximate surface area is 102 Å². The molecule has 17 heavy (non-hydrogen) atoms. The van der Waals surface area contributed by atoms with Crippen molar-refractivity contribution in [1.82, 2.24) is 5.32 Å². The molecule has 0 saturated heterocycles. The van der Waals surface area contributed by atoms with Crippen molar-refractivity contribution in [2.75, 3.05) is 20.8 Å². The first-order chi connectivity index (χ1) is 8.04. The number of rotatable bonds is 8. The summed E-state index contributed by atoms with van der Waals surface area (Å²) in [6.07, 6.45) is -0.318. The van der Waals surface area contributed by atoms with Gasteiger partial charge in [-0.3, -0.25) is 9.59 Å². The molecule has 1 amide bonds. The van der Waals surface area contributed by atoms with Crippen LogP contribution >= 0.6 is 0 Å². The molecule has 0 aromatic rings. The quantitative estimate of drug-likeness (QED) is 0.498. The first-order valence-corrected chi connectivity index (χ1v) is 5.55. The topological polar surface area (TPSA) is 73.9 Å². The van der Waals surface area contributed by atoms with Gasteiger partial charge in [-0.15, -0.1) is 0 Å². The van der Waals surface area contributed by atoms with Crippen molar-refractivity contribution in [2.45, 2.75) is 39.0 Å². The molecule has 0 spiro atoms. The zero-order chi connectivity index (χ0) is 13.3. The number of ether oxygens (including phenoxy) is 3. The third-order valence-electron chi connectivity index (χ3n) is 2.12. The van der Waals surface area contributed by atoms with E-state index in [1.807, 2.05) is 0 Å². The minimum absolute atomic E-state index is 0.0804. The normalized spacial score (nSPS) is 12.3. The van der Waals surface area contributed by atoms with Crippen molar-refractivity contribution in [2.24, 2.45) is 0 Å². The zero-order valence-corrected chi connectivity index (χ0v) is 10.8. The van der Waals surface area contributed by atoms with Crippen LogP contribution in [-0.2, 0) is 23.8 Å². The second-order valence-corrected chi connectivity index (χ2v) is 3.50. The van der Waals surface area contributed by atoms with Crippen LogP contribution in [0.25, 0.3) is 0 Å². The molecule has 0 aromatic heterocycles. The van der Waals surface area contributed by atoms with Crippen LogP contribution in [0, 0.1) is 0 Å². The summed E-state index contributed by atoms with van der Waals surface area (Å²) >= 11 is 0. The standard InChI is InChI=1S/C11H21NO5/c1-5-17-10(14)7-6-9(13)12-8(2)11(15-3)16-4/h8,11H,5-7H2,1-4H3,(H,12,13). The molecule has 0 aliphatic heterocycles. The third kappa shape index (κ3) is 6.91. The van der Waals surface area contributed by atoms with Crippen LogP contribution in [0.4, 0.5) is 0 Å². The van der Waals surface area contributed by atoms with E-state index < -0.39 is 6.29 Å². The average Bonchev–Trinajstić information content (AvgIpc) is 2.28. The van der Waals surface area contributed by atoms with Crippen molar-refractivity contribution in [3.8, 4) is 0 Å². The van der Waals surface area contributed by atoms with Crippen LogP contribution in [0.2, 0.25) is 0 Å². The van der Waals surface area contributed by atoms with E-state index in [9.17, 15) is 9.59 Å². The van der Waals surface area contributed by atoms with Gasteiger partial charge in [-0.2, -0.15) is 0 Å². The Morgan fingerprint density at radius 1 is 1.18 bits per heavy atom. The Morgan fingerprint density at radius 3 is 2.24 bits per heavy atom. The molecule has 0 aliphatic rings. The molecule has 0 bridgehead atoms. The number of amides is 1. The maximum Gasteiger partial charge on any atom is 0.306 e. The molecule has 1 unspecified atom stereocenters. The van der Waals surface area contributed by atoms with Crippen molar-refractivity contribution < 1.29 is 23.8 Å². The first-order valence-electron chi connectivity index (χ1n) is 5.55. The summed E-state index contributed by atoms with van der Waals surface area (Å²) in [6.45, 7) is 3.81. The zero-order valence-electron chi connectivity index (χ0n) is 10.8. The number of hydrogen-bond donors (Lipinski definition) is 1. The molecule has 0 radical (unpaired) electrons. The monoisotopic (exact) mass is 247 g/mol. The molecule has 1 N–H and O–H groups in total. The molecule has 6 heteroatoms. The van der Waals surface area contributed by atoms with Crippen LogP contribution in [0.1, 0.15) is 26.7 Å². The summed E-state index contributed by atoms with van der Waals surface area (Å²) < 4.78 is 14.7. The lowest BCUT2D eigenvalue weighted by molar-refractivity contribution is -0.145. The summed E-state index contributed by atoms with van der Waals surface area (Å²) in [5, 5.41) is 2.68. The minimum atomic E-state index is -0.499. The highest BCUT2D eigenvalue weighted by Gasteiger charge is 2.18. The third-order valence-corrected chi connectivity index (χ3v) is 2.12. The summed E-state index contributed by atoms with van der Waals surface area (Å²) in [5.41, 5.74) is 0. The Morgan fingerprint density at radius 2 is 1.76 bits per heavy atom. The smallest absolute Gasteiger partial charge is 0.306 e. The fourth-order valence-electron chi connectivity index (χ4n) is 1.35. The predicted molar refractivity (Wildman–Crippen MR) is 61.3 cm³/mol. The van der Waals surface area contributed by atoms with Gasteiger partial charge >= 0.3 is 5.97 Å². The lowest BCUT2D eigenvalue weighted by atomic mass is 10.2. The second-order valence-electron chi connectivity index (χ2n) is 3.50. The summed E-state index contributed by atoms with van der Waals surface area (Å²) in [6, 6.07) is -0.278. The van der Waals surface area contributed by atoms with Gasteiger partial charge < -0.3 is 19.5 Å². The maximum atomic E-state index is 11.5. The van der Waals surface area contributed by atoms with Crippen LogP contribution in [0.5, 0.6) is 0 Å².